The first-order valence-corrected chi connectivity index (χ1v) is 10.1. The molecule has 148 valence electrons. The molecule has 0 radical (unpaired) electrons. The van der Waals surface area contributed by atoms with Gasteiger partial charge in [0.25, 0.3) is 0 Å². The molecule has 3 atom stereocenters. The molecule has 2 aliphatic rings. The van der Waals surface area contributed by atoms with E-state index >= 15 is 0 Å². The van der Waals surface area contributed by atoms with Crippen LogP contribution in [0.2, 0.25) is 0 Å². The van der Waals surface area contributed by atoms with Crippen molar-refractivity contribution >= 4 is 33.7 Å². The fraction of sp³-hybridized carbons (Fsp3) is 0.667. The van der Waals surface area contributed by atoms with Gasteiger partial charge in [0.05, 0.1) is 18.9 Å². The number of hydrogen-bond acceptors (Lipinski definition) is 4. The van der Waals surface area contributed by atoms with Crippen LogP contribution in [0.25, 0.3) is 0 Å². The number of anilines is 1. The first-order valence-electron chi connectivity index (χ1n) is 9.19. The molecule has 0 saturated heterocycles. The highest BCUT2D eigenvalue weighted by Gasteiger charge is 2.49. The van der Waals surface area contributed by atoms with E-state index in [-0.39, 0.29) is 42.7 Å². The molecule has 1 aromatic heterocycles. The van der Waals surface area contributed by atoms with Gasteiger partial charge in [-0.1, -0.05) is 22.9 Å². The Morgan fingerprint density at radius 3 is 2.41 bits per heavy atom. The minimum absolute atomic E-state index is 0.0308. The van der Waals surface area contributed by atoms with Crippen molar-refractivity contribution in [2.24, 2.45) is 17.8 Å². The molecule has 1 aromatic rings. The van der Waals surface area contributed by atoms with Gasteiger partial charge in [-0.2, -0.15) is 0 Å². The number of carbonyl (C=O) groups is 2. The molecular formula is C18H23BrF2N4O2. The van der Waals surface area contributed by atoms with Gasteiger partial charge in [0.1, 0.15) is 6.17 Å². The highest BCUT2D eigenvalue weighted by Crippen LogP contribution is 2.42. The summed E-state index contributed by atoms with van der Waals surface area (Å²) < 4.78 is 26.6. The van der Waals surface area contributed by atoms with Gasteiger partial charge < -0.3 is 4.90 Å². The normalized spacial score (nSPS) is 29.9. The molecule has 0 aromatic carbocycles. The van der Waals surface area contributed by atoms with Crippen molar-refractivity contribution in [3.63, 3.8) is 0 Å². The van der Waals surface area contributed by atoms with Crippen molar-refractivity contribution in [3.8, 4) is 0 Å². The van der Waals surface area contributed by atoms with Crippen LogP contribution in [0, 0.1) is 23.6 Å². The fourth-order valence-corrected chi connectivity index (χ4v) is 4.05. The molecule has 1 unspecified atom stereocenters. The Labute approximate surface area is 165 Å². The van der Waals surface area contributed by atoms with Crippen LogP contribution >= 0.6 is 15.9 Å². The first-order chi connectivity index (χ1) is 12.8. The summed E-state index contributed by atoms with van der Waals surface area (Å²) >= 11 is 3.57. The maximum Gasteiger partial charge on any atom is 0.246 e. The van der Waals surface area contributed by atoms with Gasteiger partial charge in [0, 0.05) is 23.2 Å². The van der Waals surface area contributed by atoms with E-state index in [1.165, 1.54) is 4.90 Å². The minimum atomic E-state index is -0.929. The summed E-state index contributed by atoms with van der Waals surface area (Å²) in [5, 5.41) is 2.46. The molecule has 3 rings (SSSR count). The van der Waals surface area contributed by atoms with Gasteiger partial charge in [-0.25, -0.2) is 18.7 Å². The summed E-state index contributed by atoms with van der Waals surface area (Å²) in [6.07, 6.45) is 4.30. The predicted octanol–water partition coefficient (Wildman–Crippen LogP) is 2.94. The lowest BCUT2D eigenvalue weighted by atomic mass is 9.88. The summed E-state index contributed by atoms with van der Waals surface area (Å²) in [4.78, 5) is 34.5. The molecule has 6 nitrogen and oxygen atoms in total. The largest absolute Gasteiger partial charge is 0.333 e. The number of aromatic nitrogens is 2. The Balaban J connectivity index is 1.63. The van der Waals surface area contributed by atoms with Crippen LogP contribution in [0.15, 0.2) is 12.4 Å². The fourth-order valence-electron chi connectivity index (χ4n) is 3.52. The Bertz CT molecular complexity index is 674. The quantitative estimate of drug-likeness (QED) is 0.684. The van der Waals surface area contributed by atoms with Crippen molar-refractivity contribution in [2.45, 2.75) is 43.6 Å². The van der Waals surface area contributed by atoms with Crippen molar-refractivity contribution in [2.75, 3.05) is 18.4 Å². The highest BCUT2D eigenvalue weighted by atomic mass is 79.9. The molecule has 1 heterocycles. The van der Waals surface area contributed by atoms with E-state index in [2.05, 4.69) is 31.2 Å². The van der Waals surface area contributed by atoms with E-state index in [1.54, 1.807) is 6.92 Å². The third-order valence-corrected chi connectivity index (χ3v) is 6.32. The molecule has 2 saturated carbocycles. The third kappa shape index (κ3) is 5.21. The van der Waals surface area contributed by atoms with Crippen molar-refractivity contribution in [1.29, 1.82) is 0 Å². The summed E-state index contributed by atoms with van der Waals surface area (Å²) in [5.41, 5.74) is 0. The summed E-state index contributed by atoms with van der Waals surface area (Å²) in [5.74, 6) is -1.68. The lowest BCUT2D eigenvalue weighted by Gasteiger charge is -2.30. The van der Waals surface area contributed by atoms with Crippen LogP contribution < -0.4 is 5.32 Å². The SMILES string of the molecule is C[C@H]1C(CN(CC(=O)Nc2ncc(F)cn2)C(=O)C2CCC(Br)CC2)[C@H]1F. The molecule has 27 heavy (non-hydrogen) atoms. The van der Waals surface area contributed by atoms with Gasteiger partial charge in [-0.05, 0) is 31.6 Å². The number of hydrogen-bond donors (Lipinski definition) is 1. The number of alkyl halides is 2. The van der Waals surface area contributed by atoms with Gasteiger partial charge in [-0.15, -0.1) is 0 Å². The van der Waals surface area contributed by atoms with E-state index < -0.39 is 17.9 Å². The Morgan fingerprint density at radius 2 is 1.85 bits per heavy atom. The molecule has 1 N–H and O–H groups in total. The highest BCUT2D eigenvalue weighted by molar-refractivity contribution is 9.09. The van der Waals surface area contributed by atoms with E-state index in [9.17, 15) is 18.4 Å². The molecule has 9 heteroatoms. The van der Waals surface area contributed by atoms with Crippen LogP contribution in [0.3, 0.4) is 0 Å². The second-order valence-corrected chi connectivity index (χ2v) is 8.70. The lowest BCUT2D eigenvalue weighted by Crippen LogP contribution is -2.43. The number of halogens is 3. The molecule has 2 amide bonds. The number of rotatable bonds is 6. The number of carbonyl (C=O) groups excluding carboxylic acids is 2. The second kappa shape index (κ2) is 8.58. The Morgan fingerprint density at radius 1 is 1.26 bits per heavy atom. The van der Waals surface area contributed by atoms with E-state index in [4.69, 9.17) is 0 Å². The molecule has 0 bridgehead atoms. The maximum atomic E-state index is 13.7. The van der Waals surface area contributed by atoms with Crippen LogP contribution in [0.4, 0.5) is 14.7 Å². The number of nitrogens with zero attached hydrogens (tertiary/aromatic N) is 3. The predicted molar refractivity (Wildman–Crippen MR) is 99.4 cm³/mol. The third-order valence-electron chi connectivity index (χ3n) is 5.40. The summed E-state index contributed by atoms with van der Waals surface area (Å²) in [6, 6.07) is 0. The maximum absolute atomic E-state index is 13.7. The monoisotopic (exact) mass is 444 g/mol. The van der Waals surface area contributed by atoms with Crippen LogP contribution in [-0.4, -0.2) is 50.8 Å². The van der Waals surface area contributed by atoms with Crippen LogP contribution in [0.1, 0.15) is 32.6 Å². The van der Waals surface area contributed by atoms with E-state index in [0.29, 0.717) is 4.83 Å². The van der Waals surface area contributed by atoms with E-state index in [1.807, 2.05) is 0 Å². The number of amides is 2. The summed E-state index contributed by atoms with van der Waals surface area (Å²) in [6.45, 7) is 1.84. The Kier molecular flexibility index (Phi) is 6.39. The molecular weight excluding hydrogens is 422 g/mol. The zero-order chi connectivity index (χ0) is 19.6. The standard InChI is InChI=1S/C18H23BrF2N4O2/c1-10-14(16(10)21)8-25(17(27)11-2-4-12(19)5-3-11)9-15(26)24-18-22-6-13(20)7-23-18/h6-7,10-12,14,16H,2-5,8-9H2,1H3,(H,22,23,24,26)/t10-,11?,12?,14?,16-/m0/s1. The molecule has 2 aliphatic carbocycles. The average Bonchev–Trinajstić information content (AvgIpc) is 3.21. The van der Waals surface area contributed by atoms with Crippen molar-refractivity contribution in [3.05, 3.63) is 18.2 Å². The lowest BCUT2D eigenvalue weighted by molar-refractivity contribution is -0.139. The molecule has 0 spiro atoms. The van der Waals surface area contributed by atoms with Gasteiger partial charge in [0.2, 0.25) is 17.8 Å². The Hall–Kier alpha value is -1.64. The molecule has 0 aliphatic heterocycles. The summed E-state index contributed by atoms with van der Waals surface area (Å²) in [7, 11) is 0. The van der Waals surface area contributed by atoms with Gasteiger partial charge >= 0.3 is 0 Å². The first kappa shape index (κ1) is 20.1. The van der Waals surface area contributed by atoms with Gasteiger partial charge in [-0.3, -0.25) is 14.9 Å². The van der Waals surface area contributed by atoms with Gasteiger partial charge in [0.15, 0.2) is 5.82 Å². The second-order valence-electron chi connectivity index (χ2n) is 7.41. The number of nitrogens with one attached hydrogen (secondary N) is 1. The molecule has 2 fully saturated rings. The van der Waals surface area contributed by atoms with Crippen molar-refractivity contribution in [1.82, 2.24) is 14.9 Å². The topological polar surface area (TPSA) is 75.2 Å². The van der Waals surface area contributed by atoms with Crippen LogP contribution in [-0.2, 0) is 9.59 Å². The average molecular weight is 445 g/mol. The zero-order valence-corrected chi connectivity index (χ0v) is 16.7. The van der Waals surface area contributed by atoms with E-state index in [0.717, 1.165) is 38.1 Å². The van der Waals surface area contributed by atoms with Crippen LogP contribution in [0.5, 0.6) is 0 Å². The smallest absolute Gasteiger partial charge is 0.246 e. The van der Waals surface area contributed by atoms with Crippen molar-refractivity contribution < 1.29 is 18.4 Å². The zero-order valence-electron chi connectivity index (χ0n) is 15.1. The minimum Gasteiger partial charge on any atom is -0.333 e.